The van der Waals surface area contributed by atoms with Crippen LogP contribution in [-0.4, -0.2) is 16.9 Å². The summed E-state index contributed by atoms with van der Waals surface area (Å²) in [7, 11) is 0. The van der Waals surface area contributed by atoms with Gasteiger partial charge in [-0.05, 0) is 29.8 Å². The SMILES string of the molecule is CSN1[C]=NC=CC1c1cc(Cl)cc(C(F)(F)F)c1. The Hall–Kier alpha value is -1.14. The molecule has 0 bridgehead atoms. The molecule has 0 aliphatic carbocycles. The Kier molecular flexibility index (Phi) is 4.10. The molecule has 1 aromatic carbocycles. The molecule has 2 rings (SSSR count). The molecule has 1 aliphatic rings. The maximum Gasteiger partial charge on any atom is 0.416 e. The summed E-state index contributed by atoms with van der Waals surface area (Å²) >= 11 is 7.09. The van der Waals surface area contributed by atoms with Gasteiger partial charge in [0, 0.05) is 17.5 Å². The first-order chi connectivity index (χ1) is 8.91. The summed E-state index contributed by atoms with van der Waals surface area (Å²) in [6.07, 6.45) is 3.28. The Bertz CT molecular complexity index is 528. The van der Waals surface area contributed by atoms with Crippen molar-refractivity contribution in [3.63, 3.8) is 0 Å². The highest BCUT2D eigenvalue weighted by molar-refractivity contribution is 7.96. The third kappa shape index (κ3) is 3.25. The molecule has 101 valence electrons. The van der Waals surface area contributed by atoms with Crippen LogP contribution in [-0.2, 0) is 6.18 Å². The summed E-state index contributed by atoms with van der Waals surface area (Å²) in [5.41, 5.74) is -0.306. The van der Waals surface area contributed by atoms with Gasteiger partial charge < -0.3 is 0 Å². The molecule has 1 heterocycles. The van der Waals surface area contributed by atoms with Crippen LogP contribution in [0.5, 0.6) is 0 Å². The van der Waals surface area contributed by atoms with Gasteiger partial charge in [0.05, 0.1) is 11.6 Å². The second-order valence-corrected chi connectivity index (χ2v) is 4.99. The number of alkyl halides is 3. The van der Waals surface area contributed by atoms with Crippen molar-refractivity contribution < 1.29 is 13.2 Å². The van der Waals surface area contributed by atoms with Crippen molar-refractivity contribution in [2.45, 2.75) is 12.2 Å². The number of aliphatic imine (C=N–C) groups is 1. The minimum absolute atomic E-state index is 0.0572. The summed E-state index contributed by atoms with van der Waals surface area (Å²) < 4.78 is 39.9. The summed E-state index contributed by atoms with van der Waals surface area (Å²) in [4.78, 5) is 3.82. The zero-order chi connectivity index (χ0) is 14.0. The van der Waals surface area contributed by atoms with Crippen LogP contribution in [0.3, 0.4) is 0 Å². The molecule has 0 spiro atoms. The van der Waals surface area contributed by atoms with Gasteiger partial charge in [0.15, 0.2) is 6.34 Å². The van der Waals surface area contributed by atoms with Crippen molar-refractivity contribution in [1.29, 1.82) is 0 Å². The van der Waals surface area contributed by atoms with Gasteiger partial charge in [-0.15, -0.1) is 0 Å². The van der Waals surface area contributed by atoms with Crippen LogP contribution in [0.15, 0.2) is 35.5 Å². The number of rotatable bonds is 2. The van der Waals surface area contributed by atoms with Crippen LogP contribution in [0.2, 0.25) is 5.02 Å². The first-order valence-electron chi connectivity index (χ1n) is 5.25. The monoisotopic (exact) mass is 305 g/mol. The van der Waals surface area contributed by atoms with Crippen molar-refractivity contribution in [1.82, 2.24) is 4.31 Å². The topological polar surface area (TPSA) is 15.6 Å². The third-order valence-corrected chi connectivity index (χ3v) is 3.46. The van der Waals surface area contributed by atoms with Gasteiger partial charge in [-0.25, -0.2) is 4.99 Å². The highest BCUT2D eigenvalue weighted by Crippen LogP contribution is 2.36. The Morgan fingerprint density at radius 3 is 2.74 bits per heavy atom. The Morgan fingerprint density at radius 1 is 1.37 bits per heavy atom. The lowest BCUT2D eigenvalue weighted by atomic mass is 10.0. The fourth-order valence-electron chi connectivity index (χ4n) is 1.70. The molecule has 1 unspecified atom stereocenters. The first kappa shape index (κ1) is 14.3. The summed E-state index contributed by atoms with van der Waals surface area (Å²) in [6, 6.07) is 3.16. The lowest BCUT2D eigenvalue weighted by molar-refractivity contribution is -0.137. The van der Waals surface area contributed by atoms with Gasteiger partial charge in [0.1, 0.15) is 0 Å². The van der Waals surface area contributed by atoms with E-state index in [2.05, 4.69) is 11.3 Å². The van der Waals surface area contributed by atoms with E-state index in [0.29, 0.717) is 5.56 Å². The van der Waals surface area contributed by atoms with E-state index in [9.17, 15) is 13.2 Å². The van der Waals surface area contributed by atoms with Gasteiger partial charge in [0.25, 0.3) is 0 Å². The van der Waals surface area contributed by atoms with Crippen molar-refractivity contribution in [3.05, 3.63) is 46.6 Å². The average Bonchev–Trinajstić information content (AvgIpc) is 2.37. The molecule has 1 aliphatic heterocycles. The zero-order valence-corrected chi connectivity index (χ0v) is 11.4. The maximum atomic E-state index is 12.8. The van der Waals surface area contributed by atoms with Crippen molar-refractivity contribution >= 4 is 29.9 Å². The molecule has 0 fully saturated rings. The third-order valence-electron chi connectivity index (χ3n) is 2.54. The van der Waals surface area contributed by atoms with Crippen molar-refractivity contribution in [2.24, 2.45) is 4.99 Å². The second-order valence-electron chi connectivity index (χ2n) is 3.79. The normalized spacial score (nSPS) is 19.0. The van der Waals surface area contributed by atoms with Crippen LogP contribution in [0.1, 0.15) is 17.2 Å². The molecule has 1 aromatic rings. The predicted molar refractivity (Wildman–Crippen MR) is 71.1 cm³/mol. The fraction of sp³-hybridized carbons (Fsp3) is 0.250. The van der Waals surface area contributed by atoms with E-state index in [1.165, 1.54) is 24.2 Å². The van der Waals surface area contributed by atoms with Gasteiger partial charge in [-0.2, -0.15) is 13.2 Å². The molecule has 0 saturated carbocycles. The molecule has 1 radical (unpaired) electrons. The van der Waals surface area contributed by atoms with Gasteiger partial charge >= 0.3 is 6.18 Å². The number of halogens is 4. The van der Waals surface area contributed by atoms with E-state index in [-0.39, 0.29) is 11.1 Å². The van der Waals surface area contributed by atoms with E-state index < -0.39 is 11.7 Å². The smallest absolute Gasteiger partial charge is 0.286 e. The molecule has 2 nitrogen and oxygen atoms in total. The summed E-state index contributed by atoms with van der Waals surface area (Å²) in [6.45, 7) is 0. The minimum atomic E-state index is -4.42. The quantitative estimate of drug-likeness (QED) is 0.752. The van der Waals surface area contributed by atoms with Crippen molar-refractivity contribution in [2.75, 3.05) is 6.26 Å². The highest BCUT2D eigenvalue weighted by Gasteiger charge is 2.32. The van der Waals surface area contributed by atoms with E-state index in [0.717, 1.165) is 12.1 Å². The fourth-order valence-corrected chi connectivity index (χ4v) is 2.49. The first-order valence-corrected chi connectivity index (χ1v) is 6.81. The minimum Gasteiger partial charge on any atom is -0.286 e. The predicted octanol–water partition coefficient (Wildman–Crippen LogP) is 4.41. The maximum absolute atomic E-state index is 12.8. The highest BCUT2D eigenvalue weighted by atomic mass is 35.5. The molecular formula is C12H9ClF3N2S. The molecular weight excluding hydrogens is 297 g/mol. The van der Waals surface area contributed by atoms with Crippen LogP contribution >= 0.6 is 23.5 Å². The lowest BCUT2D eigenvalue weighted by Crippen LogP contribution is -2.21. The molecule has 0 N–H and O–H groups in total. The second kappa shape index (κ2) is 5.46. The molecule has 7 heteroatoms. The lowest BCUT2D eigenvalue weighted by Gasteiger charge is -2.26. The van der Waals surface area contributed by atoms with E-state index in [4.69, 9.17) is 11.6 Å². The number of hydrogen-bond acceptors (Lipinski definition) is 3. The number of hydrogen-bond donors (Lipinski definition) is 0. The van der Waals surface area contributed by atoms with E-state index in [1.54, 1.807) is 16.6 Å². The molecule has 0 saturated heterocycles. The molecule has 1 atom stereocenters. The number of nitrogens with zero attached hydrogens (tertiary/aromatic N) is 2. The van der Waals surface area contributed by atoms with Crippen molar-refractivity contribution in [3.8, 4) is 0 Å². The standard InChI is InChI=1S/C12H9ClF3N2S/c1-19-18-7-17-3-2-11(18)8-4-9(12(14,15)16)6-10(13)5-8/h2-6,11H,1H3. The number of benzene rings is 1. The Morgan fingerprint density at radius 2 is 2.11 bits per heavy atom. The van der Waals surface area contributed by atoms with E-state index >= 15 is 0 Å². The summed E-state index contributed by atoms with van der Waals surface area (Å²) in [5, 5.41) is 0.0572. The van der Waals surface area contributed by atoms with Gasteiger partial charge in [-0.3, -0.25) is 4.31 Å². The largest absolute Gasteiger partial charge is 0.416 e. The van der Waals surface area contributed by atoms with Crippen LogP contribution in [0, 0.1) is 0 Å². The summed E-state index contributed by atoms with van der Waals surface area (Å²) in [5.74, 6) is 0. The van der Waals surface area contributed by atoms with Crippen LogP contribution < -0.4 is 0 Å². The zero-order valence-electron chi connectivity index (χ0n) is 9.78. The molecule has 0 amide bonds. The molecule has 0 aromatic heterocycles. The Labute approximate surface area is 118 Å². The molecule has 19 heavy (non-hydrogen) atoms. The van der Waals surface area contributed by atoms with Crippen LogP contribution in [0.25, 0.3) is 0 Å². The Balaban J connectivity index is 2.42. The van der Waals surface area contributed by atoms with Crippen LogP contribution in [0.4, 0.5) is 13.2 Å². The van der Waals surface area contributed by atoms with Gasteiger partial charge in [-0.1, -0.05) is 23.5 Å². The van der Waals surface area contributed by atoms with Gasteiger partial charge in [0.2, 0.25) is 0 Å². The average molecular weight is 306 g/mol. The van der Waals surface area contributed by atoms with E-state index in [1.807, 2.05) is 0 Å².